The van der Waals surface area contributed by atoms with Crippen molar-refractivity contribution < 1.29 is 85.0 Å². The fourth-order valence-electron chi connectivity index (χ4n) is 3.51. The zero-order chi connectivity index (χ0) is 22.8. The van der Waals surface area contributed by atoms with E-state index in [4.69, 9.17) is 18.9 Å². The van der Waals surface area contributed by atoms with Gasteiger partial charge in [0.1, 0.15) is 23.2 Å². The molecule has 1 unspecified atom stereocenters. The van der Waals surface area contributed by atoms with Gasteiger partial charge in [-0.05, 0) is 38.5 Å². The third-order valence-electron chi connectivity index (χ3n) is 4.80. The van der Waals surface area contributed by atoms with Gasteiger partial charge in [-0.25, -0.2) is 4.79 Å². The van der Waals surface area contributed by atoms with E-state index in [1.165, 1.54) is 19.1 Å². The van der Waals surface area contributed by atoms with E-state index >= 15 is 0 Å². The second kappa shape index (κ2) is 11.0. The van der Waals surface area contributed by atoms with Gasteiger partial charge in [-0.15, -0.1) is 0 Å². The van der Waals surface area contributed by atoms with Gasteiger partial charge in [-0.3, -0.25) is 4.90 Å². The van der Waals surface area contributed by atoms with Crippen LogP contribution in [0.5, 0.6) is 11.5 Å². The molecule has 1 fully saturated rings. The van der Waals surface area contributed by atoms with Crippen molar-refractivity contribution >= 4 is 12.1 Å². The molecular formula is C23H26KNO7. The number of methoxy groups -OCH3 is 2. The molecule has 3 atom stereocenters. The van der Waals surface area contributed by atoms with E-state index in [1.54, 1.807) is 69.3 Å². The summed E-state index contributed by atoms with van der Waals surface area (Å²) in [6.45, 7) is 5.20. The first-order chi connectivity index (χ1) is 14.7. The zero-order valence-corrected chi connectivity index (χ0v) is 22.3. The molecule has 3 rings (SSSR count). The maximum Gasteiger partial charge on any atom is 1.00 e. The first kappa shape index (κ1) is 26.6. The predicted molar refractivity (Wildman–Crippen MR) is 109 cm³/mol. The maximum absolute atomic E-state index is 13.3. The first-order valence-corrected chi connectivity index (χ1v) is 9.80. The van der Waals surface area contributed by atoms with Gasteiger partial charge in [0.15, 0.2) is 6.23 Å². The summed E-state index contributed by atoms with van der Waals surface area (Å²) in [5.41, 5.74) is 0.239. The molecule has 2 aromatic rings. The van der Waals surface area contributed by atoms with Crippen LogP contribution in [0.15, 0.2) is 48.5 Å². The topological polar surface area (TPSA) is 97.4 Å². The number of nitrogens with zero attached hydrogens (tertiary/aromatic N) is 1. The summed E-state index contributed by atoms with van der Waals surface area (Å²) in [4.78, 5) is 26.6. The molecule has 0 spiro atoms. The van der Waals surface area contributed by atoms with E-state index in [0.717, 1.165) is 0 Å². The average Bonchev–Trinajstić information content (AvgIpc) is 3.13. The Kier molecular flexibility index (Phi) is 9.15. The number of hydrogen-bond acceptors (Lipinski definition) is 7. The van der Waals surface area contributed by atoms with Gasteiger partial charge < -0.3 is 28.8 Å². The molecular weight excluding hydrogens is 441 g/mol. The van der Waals surface area contributed by atoms with E-state index < -0.39 is 36.0 Å². The number of benzene rings is 2. The Bertz CT molecular complexity index is 945. The van der Waals surface area contributed by atoms with E-state index in [1.807, 2.05) is 0 Å². The molecule has 0 aromatic heterocycles. The Morgan fingerprint density at radius 1 is 1.03 bits per heavy atom. The van der Waals surface area contributed by atoms with E-state index in [0.29, 0.717) is 22.6 Å². The van der Waals surface area contributed by atoms with Crippen molar-refractivity contribution in [3.8, 4) is 11.5 Å². The van der Waals surface area contributed by atoms with Crippen LogP contribution < -0.4 is 66.0 Å². The first-order valence-electron chi connectivity index (χ1n) is 9.80. The van der Waals surface area contributed by atoms with Crippen molar-refractivity contribution in [1.29, 1.82) is 0 Å². The molecule has 8 nitrogen and oxygen atoms in total. The summed E-state index contributed by atoms with van der Waals surface area (Å²) in [5, 5.41) is 12.0. The van der Waals surface area contributed by atoms with Gasteiger partial charge >= 0.3 is 57.5 Å². The van der Waals surface area contributed by atoms with Crippen LogP contribution in [0.25, 0.3) is 0 Å². The number of carbonyl (C=O) groups is 2. The Morgan fingerprint density at radius 2 is 1.69 bits per heavy atom. The molecule has 0 bridgehead atoms. The second-order valence-electron chi connectivity index (χ2n) is 8.08. The van der Waals surface area contributed by atoms with Crippen molar-refractivity contribution in [1.82, 2.24) is 4.90 Å². The molecule has 32 heavy (non-hydrogen) atoms. The number of ether oxygens (including phenoxy) is 4. The monoisotopic (exact) mass is 467 g/mol. The molecule has 1 heterocycles. The zero-order valence-electron chi connectivity index (χ0n) is 19.2. The fourth-order valence-corrected chi connectivity index (χ4v) is 3.51. The molecule has 0 saturated carbocycles. The molecule has 9 heteroatoms. The van der Waals surface area contributed by atoms with Crippen molar-refractivity contribution in [2.24, 2.45) is 0 Å². The smallest absolute Gasteiger partial charge is 0.547 e. The van der Waals surface area contributed by atoms with Gasteiger partial charge in [-0.2, -0.15) is 0 Å². The summed E-state index contributed by atoms with van der Waals surface area (Å²) in [6.07, 6.45) is -3.21. The largest absolute Gasteiger partial charge is 1.00 e. The standard InChI is InChI=1S/C23H27NO7.K/c1-23(2,3)31-22(27)24-18(14-9-7-6-8-10-14)19(21(25)26)30-20(24)16-12-11-15(28-4)13-17(16)29-5;/h6-13,18-20H,1-5H3,(H,25,26);/q;+1/p-1/t18-,19+,20?;/m0./s1. The number of carboxylic acid groups (broad SMARTS) is 1. The van der Waals surface area contributed by atoms with Gasteiger partial charge in [0.2, 0.25) is 0 Å². The number of carboxylic acids is 1. The summed E-state index contributed by atoms with van der Waals surface area (Å²) < 4.78 is 22.2. The van der Waals surface area contributed by atoms with Crippen molar-refractivity contribution in [2.75, 3.05) is 14.2 Å². The summed E-state index contributed by atoms with van der Waals surface area (Å²) in [6, 6.07) is 12.8. The number of aliphatic carboxylic acids is 1. The third-order valence-corrected chi connectivity index (χ3v) is 4.80. The minimum absolute atomic E-state index is 0. The van der Waals surface area contributed by atoms with Crippen LogP contribution in [-0.4, -0.2) is 42.9 Å². The summed E-state index contributed by atoms with van der Waals surface area (Å²) >= 11 is 0. The molecule has 2 aromatic carbocycles. The molecule has 1 aliphatic rings. The Morgan fingerprint density at radius 3 is 2.22 bits per heavy atom. The quantitative estimate of drug-likeness (QED) is 0.564. The normalized spacial score (nSPS) is 20.3. The second-order valence-corrected chi connectivity index (χ2v) is 8.08. The fraction of sp³-hybridized carbons (Fsp3) is 0.391. The number of hydrogen-bond donors (Lipinski definition) is 0. The third kappa shape index (κ3) is 5.83. The minimum Gasteiger partial charge on any atom is -0.547 e. The van der Waals surface area contributed by atoms with Crippen LogP contribution >= 0.6 is 0 Å². The predicted octanol–water partition coefficient (Wildman–Crippen LogP) is -0.166. The number of carbonyl (C=O) groups excluding carboxylic acids is 2. The van der Waals surface area contributed by atoms with Crippen LogP contribution in [0.2, 0.25) is 0 Å². The van der Waals surface area contributed by atoms with Crippen LogP contribution in [0.3, 0.4) is 0 Å². The molecule has 0 N–H and O–H groups in total. The van der Waals surface area contributed by atoms with Crippen molar-refractivity contribution in [3.05, 3.63) is 59.7 Å². The SMILES string of the molecule is COc1ccc(C2O[C@@H](C(=O)[O-])[C@H](c3ccccc3)N2C(=O)OC(C)(C)C)c(OC)c1.[K+]. The molecule has 0 aliphatic carbocycles. The van der Waals surface area contributed by atoms with E-state index in [9.17, 15) is 14.7 Å². The van der Waals surface area contributed by atoms with E-state index in [-0.39, 0.29) is 51.4 Å². The van der Waals surface area contributed by atoms with Crippen LogP contribution in [0.1, 0.15) is 44.2 Å². The Hall–Kier alpha value is -1.62. The average molecular weight is 468 g/mol. The molecule has 1 saturated heterocycles. The summed E-state index contributed by atoms with van der Waals surface area (Å²) in [5.74, 6) is -0.514. The Labute approximate surface area is 230 Å². The van der Waals surface area contributed by atoms with Crippen LogP contribution in [-0.2, 0) is 14.3 Å². The van der Waals surface area contributed by atoms with Crippen LogP contribution in [0.4, 0.5) is 4.79 Å². The van der Waals surface area contributed by atoms with Crippen LogP contribution in [0, 0.1) is 0 Å². The molecule has 166 valence electrons. The van der Waals surface area contributed by atoms with Gasteiger partial charge in [0.25, 0.3) is 0 Å². The molecule has 1 amide bonds. The Balaban J connectivity index is 0.00000363. The minimum atomic E-state index is -1.43. The molecule has 0 radical (unpaired) electrons. The van der Waals surface area contributed by atoms with Crippen molar-refractivity contribution in [3.63, 3.8) is 0 Å². The maximum atomic E-state index is 13.3. The van der Waals surface area contributed by atoms with Gasteiger partial charge in [-0.1, -0.05) is 30.3 Å². The molecule has 1 aliphatic heterocycles. The van der Waals surface area contributed by atoms with E-state index in [2.05, 4.69) is 0 Å². The van der Waals surface area contributed by atoms with Gasteiger partial charge in [0.05, 0.1) is 26.2 Å². The summed E-state index contributed by atoms with van der Waals surface area (Å²) in [7, 11) is 2.99. The van der Waals surface area contributed by atoms with Gasteiger partial charge in [0, 0.05) is 11.6 Å². The number of rotatable bonds is 5. The number of amides is 1. The van der Waals surface area contributed by atoms with Crippen molar-refractivity contribution in [2.45, 2.75) is 44.7 Å².